The summed E-state index contributed by atoms with van der Waals surface area (Å²) in [6.07, 6.45) is -1.07. The van der Waals surface area contributed by atoms with Crippen LogP contribution >= 0.6 is 0 Å². The van der Waals surface area contributed by atoms with E-state index in [0.29, 0.717) is 5.56 Å². The van der Waals surface area contributed by atoms with Gasteiger partial charge >= 0.3 is 6.18 Å². The van der Waals surface area contributed by atoms with Crippen LogP contribution in [0.5, 0.6) is 0 Å². The summed E-state index contributed by atoms with van der Waals surface area (Å²) in [5.74, 6) is -1.92. The average molecular weight is 501 g/mol. The summed E-state index contributed by atoms with van der Waals surface area (Å²) in [6, 6.07) is 9.38. The van der Waals surface area contributed by atoms with Gasteiger partial charge in [0.15, 0.2) is 5.78 Å². The smallest absolute Gasteiger partial charge is 0.292 e. The molecule has 0 unspecified atom stereocenters. The van der Waals surface area contributed by atoms with Crippen LogP contribution in [0.3, 0.4) is 0 Å². The number of amides is 2. The van der Waals surface area contributed by atoms with Crippen molar-refractivity contribution < 1.29 is 27.6 Å². The second-order valence-electron chi connectivity index (χ2n) is 8.97. The van der Waals surface area contributed by atoms with Crippen LogP contribution in [0.25, 0.3) is 5.69 Å². The average Bonchev–Trinajstić information content (AvgIpc) is 3.31. The predicted molar refractivity (Wildman–Crippen MR) is 128 cm³/mol. The Kier molecular flexibility index (Phi) is 8.07. The molecule has 0 aliphatic rings. The molecule has 0 aliphatic heterocycles. The molecule has 0 atom stereocenters. The molecule has 10 heteroatoms. The number of halogens is 3. The molecule has 3 rings (SSSR count). The van der Waals surface area contributed by atoms with Crippen molar-refractivity contribution in [3.05, 3.63) is 71.7 Å². The van der Waals surface area contributed by atoms with Gasteiger partial charge in [0.05, 0.1) is 17.4 Å². The molecule has 0 saturated heterocycles. The molecule has 190 valence electrons. The van der Waals surface area contributed by atoms with E-state index in [2.05, 4.69) is 10.1 Å². The van der Waals surface area contributed by atoms with Crippen LogP contribution in [0, 0.1) is 11.8 Å². The molecule has 0 bridgehead atoms. The SMILES string of the molecule is CC(C)C(=O)N(C(=O)C(C)C)c1cccc(C(=O)CCc2cnn(-c3cccc(C(F)(F)F)c3)c2)n1. The maximum Gasteiger partial charge on any atom is 0.416 e. The van der Waals surface area contributed by atoms with Gasteiger partial charge in [-0.15, -0.1) is 0 Å². The number of Topliss-reactive ketones (excluding diaryl/α,β-unsaturated/α-hetero) is 1. The lowest BCUT2D eigenvalue weighted by molar-refractivity contribution is -0.137. The number of pyridine rings is 1. The number of carbonyl (C=O) groups excluding carboxylic acids is 3. The van der Waals surface area contributed by atoms with Crippen molar-refractivity contribution in [2.75, 3.05) is 4.90 Å². The van der Waals surface area contributed by atoms with E-state index in [0.717, 1.165) is 17.0 Å². The van der Waals surface area contributed by atoms with E-state index >= 15 is 0 Å². The third kappa shape index (κ3) is 6.24. The topological polar surface area (TPSA) is 85.2 Å². The van der Waals surface area contributed by atoms with Gasteiger partial charge in [0.25, 0.3) is 0 Å². The van der Waals surface area contributed by atoms with Crippen molar-refractivity contribution in [1.29, 1.82) is 0 Å². The quantitative estimate of drug-likeness (QED) is 0.393. The fourth-order valence-corrected chi connectivity index (χ4v) is 3.39. The number of nitrogens with zero attached hydrogens (tertiary/aromatic N) is 4. The molecule has 2 amide bonds. The zero-order valence-corrected chi connectivity index (χ0v) is 20.4. The van der Waals surface area contributed by atoms with Crippen LogP contribution < -0.4 is 4.90 Å². The lowest BCUT2D eigenvalue weighted by Gasteiger charge is -2.23. The second-order valence-corrected chi connectivity index (χ2v) is 8.97. The molecule has 0 saturated carbocycles. The van der Waals surface area contributed by atoms with Gasteiger partial charge < -0.3 is 0 Å². The number of carbonyl (C=O) groups is 3. The molecule has 2 aromatic heterocycles. The Morgan fingerprint density at radius 3 is 2.22 bits per heavy atom. The highest BCUT2D eigenvalue weighted by Gasteiger charge is 2.31. The molecule has 0 radical (unpaired) electrons. The van der Waals surface area contributed by atoms with Gasteiger partial charge in [0.2, 0.25) is 11.8 Å². The van der Waals surface area contributed by atoms with Crippen molar-refractivity contribution in [1.82, 2.24) is 14.8 Å². The number of hydrogen-bond donors (Lipinski definition) is 0. The van der Waals surface area contributed by atoms with Crippen molar-refractivity contribution in [2.24, 2.45) is 11.8 Å². The van der Waals surface area contributed by atoms with Crippen molar-refractivity contribution >= 4 is 23.4 Å². The van der Waals surface area contributed by atoms with Crippen LogP contribution in [0.1, 0.15) is 55.7 Å². The van der Waals surface area contributed by atoms with Crippen molar-refractivity contribution in [2.45, 2.75) is 46.7 Å². The highest BCUT2D eigenvalue weighted by Crippen LogP contribution is 2.30. The molecule has 36 heavy (non-hydrogen) atoms. The van der Waals surface area contributed by atoms with E-state index in [1.807, 2.05) is 0 Å². The molecule has 1 aromatic carbocycles. The maximum absolute atomic E-state index is 13.0. The van der Waals surface area contributed by atoms with Crippen molar-refractivity contribution in [3.8, 4) is 5.69 Å². The first-order chi connectivity index (χ1) is 16.9. The number of alkyl halides is 3. The Morgan fingerprint density at radius 2 is 1.61 bits per heavy atom. The van der Waals surface area contributed by atoms with Crippen molar-refractivity contribution in [3.63, 3.8) is 0 Å². The Hall–Kier alpha value is -3.82. The standard InChI is InChI=1S/C26H27F3N4O3/c1-16(2)24(35)33(25(36)17(3)4)23-10-6-9-21(31-23)22(34)12-11-18-14-30-32(15-18)20-8-5-7-19(13-20)26(27,28)29/h5-10,13-17H,11-12H2,1-4H3. The molecule has 0 spiro atoms. The molecule has 7 nitrogen and oxygen atoms in total. The normalized spacial score (nSPS) is 11.7. The monoisotopic (exact) mass is 500 g/mol. The molecule has 3 aromatic rings. The van der Waals surface area contributed by atoms with Gasteiger partial charge in [-0.1, -0.05) is 39.8 Å². The summed E-state index contributed by atoms with van der Waals surface area (Å²) in [7, 11) is 0. The molecular formula is C26H27F3N4O3. The summed E-state index contributed by atoms with van der Waals surface area (Å²) in [5.41, 5.74) is 0.236. The van der Waals surface area contributed by atoms with Gasteiger partial charge in [-0.05, 0) is 42.3 Å². The van der Waals surface area contributed by atoms with E-state index in [4.69, 9.17) is 0 Å². The summed E-state index contributed by atoms with van der Waals surface area (Å²) in [4.78, 5) is 43.5. The van der Waals surface area contributed by atoms with Crippen LogP contribution in [0.15, 0.2) is 54.9 Å². The number of anilines is 1. The summed E-state index contributed by atoms with van der Waals surface area (Å²) in [6.45, 7) is 6.71. The number of hydrogen-bond acceptors (Lipinski definition) is 5. The third-order valence-corrected chi connectivity index (χ3v) is 5.39. The lowest BCUT2D eigenvalue weighted by atomic mass is 10.1. The van der Waals surface area contributed by atoms with E-state index < -0.39 is 35.4 Å². The first kappa shape index (κ1) is 26.8. The van der Waals surface area contributed by atoms with Crippen LogP contribution in [-0.2, 0) is 22.2 Å². The number of aromatic nitrogens is 3. The minimum Gasteiger partial charge on any atom is -0.292 e. The van der Waals surface area contributed by atoms with E-state index in [-0.39, 0.29) is 35.8 Å². The first-order valence-electron chi connectivity index (χ1n) is 11.5. The largest absolute Gasteiger partial charge is 0.416 e. The van der Waals surface area contributed by atoms with Gasteiger partial charge in [-0.25, -0.2) is 14.6 Å². The molecule has 0 N–H and O–H groups in total. The Balaban J connectivity index is 1.74. The Labute approximate surface area is 206 Å². The minimum absolute atomic E-state index is 0.0565. The Bertz CT molecular complexity index is 1250. The van der Waals surface area contributed by atoms with Gasteiger partial charge in [-0.3, -0.25) is 14.4 Å². The van der Waals surface area contributed by atoms with Crippen LogP contribution in [-0.4, -0.2) is 32.4 Å². The summed E-state index contributed by atoms with van der Waals surface area (Å²) < 4.78 is 40.3. The second kappa shape index (κ2) is 10.8. The zero-order chi connectivity index (χ0) is 26.6. The van der Waals surface area contributed by atoms with E-state index in [1.54, 1.807) is 40.0 Å². The lowest BCUT2D eigenvalue weighted by Crippen LogP contribution is -2.42. The van der Waals surface area contributed by atoms with Gasteiger partial charge in [0, 0.05) is 24.5 Å². The minimum atomic E-state index is -4.46. The summed E-state index contributed by atoms with van der Waals surface area (Å²) >= 11 is 0. The predicted octanol–water partition coefficient (Wildman–Crippen LogP) is 5.27. The molecule has 2 heterocycles. The summed E-state index contributed by atoms with van der Waals surface area (Å²) in [5, 5.41) is 4.11. The van der Waals surface area contributed by atoms with E-state index in [1.165, 1.54) is 35.1 Å². The number of benzene rings is 1. The van der Waals surface area contributed by atoms with E-state index in [9.17, 15) is 27.6 Å². The number of ketones is 1. The Morgan fingerprint density at radius 1 is 0.972 bits per heavy atom. The first-order valence-corrected chi connectivity index (χ1v) is 11.5. The number of imide groups is 1. The maximum atomic E-state index is 13.0. The highest BCUT2D eigenvalue weighted by molar-refractivity contribution is 6.15. The number of rotatable bonds is 8. The van der Waals surface area contributed by atoms with Gasteiger partial charge in [0.1, 0.15) is 11.5 Å². The van der Waals surface area contributed by atoms with Crippen LogP contribution in [0.4, 0.5) is 19.0 Å². The highest BCUT2D eigenvalue weighted by atomic mass is 19.4. The third-order valence-electron chi connectivity index (χ3n) is 5.39. The molecule has 0 fully saturated rings. The molecular weight excluding hydrogens is 473 g/mol. The number of aryl methyl sites for hydroxylation is 1. The molecule has 0 aliphatic carbocycles. The fraction of sp³-hybridized carbons (Fsp3) is 0.346. The van der Waals surface area contributed by atoms with Crippen LogP contribution in [0.2, 0.25) is 0 Å². The zero-order valence-electron chi connectivity index (χ0n) is 20.4. The van der Waals surface area contributed by atoms with Gasteiger partial charge in [-0.2, -0.15) is 18.3 Å². The fourth-order valence-electron chi connectivity index (χ4n) is 3.39.